The zero-order valence-electron chi connectivity index (χ0n) is 42.8. The van der Waals surface area contributed by atoms with Gasteiger partial charge in [-0.25, -0.2) is 0 Å². The van der Waals surface area contributed by atoms with Gasteiger partial charge in [0.2, 0.25) is 0 Å². The number of aryl methyl sites for hydroxylation is 2. The second kappa shape index (κ2) is 13.4. The minimum Gasteiger partial charge on any atom is -0.376 e. The molecule has 0 unspecified atom stereocenters. The lowest BCUT2D eigenvalue weighted by Crippen LogP contribution is -2.60. The summed E-state index contributed by atoms with van der Waals surface area (Å²) in [5, 5.41) is 5.17. The molecular weight excluding hydrogens is 856 g/mol. The number of fused-ring (bicyclic) bond motifs is 16. The maximum absolute atomic E-state index is 2.73. The first kappa shape index (κ1) is 41.7. The molecule has 0 N–H and O–H groups in total. The lowest BCUT2D eigenvalue weighted by atomic mass is 9.43. The smallest absolute Gasteiger partial charge is 0.333 e. The van der Waals surface area contributed by atoms with Crippen molar-refractivity contribution in [3.63, 3.8) is 0 Å². The molecule has 15 rings (SSSR count). The molecule has 10 aromatic rings. The van der Waals surface area contributed by atoms with Crippen molar-refractivity contribution in [2.24, 2.45) is 0 Å². The van der Waals surface area contributed by atoms with Crippen LogP contribution in [0.25, 0.3) is 82.8 Å². The van der Waals surface area contributed by atoms with Gasteiger partial charge in [-0.2, -0.15) is 0 Å². The average Bonchev–Trinajstić information content (AvgIpc) is 3.90. The molecular formula is C68H59BN2. The minimum absolute atomic E-state index is 0.0653. The Labute approximate surface area is 419 Å². The Balaban J connectivity index is 1.11. The molecule has 5 aliphatic rings. The molecule has 2 nitrogen and oxygen atoms in total. The molecule has 71 heavy (non-hydrogen) atoms. The first-order chi connectivity index (χ1) is 34.0. The van der Waals surface area contributed by atoms with Gasteiger partial charge in [0.1, 0.15) is 0 Å². The highest BCUT2D eigenvalue weighted by molar-refractivity contribution is 6.93. The molecule has 3 heterocycles. The van der Waals surface area contributed by atoms with Crippen LogP contribution < -0.4 is 15.7 Å². The molecule has 2 aliphatic heterocycles. The third-order valence-corrected chi connectivity index (χ3v) is 18.7. The second-order valence-electron chi connectivity index (χ2n) is 24.5. The van der Waals surface area contributed by atoms with Crippen LogP contribution in [0.15, 0.2) is 152 Å². The fraction of sp³-hybridized carbons (Fsp3) is 0.235. The monoisotopic (exact) mass is 914 g/mol. The van der Waals surface area contributed by atoms with Crippen molar-refractivity contribution in [1.82, 2.24) is 4.57 Å². The van der Waals surface area contributed by atoms with Gasteiger partial charge < -0.3 is 9.38 Å². The number of benzene rings is 9. The Morgan fingerprint density at radius 3 is 1.83 bits per heavy atom. The highest BCUT2D eigenvalue weighted by atomic mass is 15.1. The van der Waals surface area contributed by atoms with Crippen LogP contribution in [0.2, 0.25) is 0 Å². The van der Waals surface area contributed by atoms with Gasteiger partial charge >= 0.3 is 6.85 Å². The first-order valence-electron chi connectivity index (χ1n) is 26.2. The van der Waals surface area contributed by atoms with E-state index in [-0.39, 0.29) is 28.5 Å². The maximum Gasteiger partial charge on any atom is 0.333 e. The molecule has 3 heteroatoms. The van der Waals surface area contributed by atoms with E-state index in [4.69, 9.17) is 0 Å². The Kier molecular flexibility index (Phi) is 7.89. The fourth-order valence-electron chi connectivity index (χ4n) is 14.7. The highest BCUT2D eigenvalue weighted by Crippen LogP contribution is 2.59. The van der Waals surface area contributed by atoms with Gasteiger partial charge in [-0.05, 0) is 192 Å². The van der Waals surface area contributed by atoms with Gasteiger partial charge in [-0.15, -0.1) is 0 Å². The number of nitrogens with zero attached hydrogens (tertiary/aromatic N) is 2. The number of hydrogen-bond acceptors (Lipinski definition) is 1. The van der Waals surface area contributed by atoms with E-state index >= 15 is 0 Å². The van der Waals surface area contributed by atoms with Crippen molar-refractivity contribution >= 4 is 61.7 Å². The Bertz CT molecular complexity index is 4080. The second-order valence-corrected chi connectivity index (χ2v) is 24.5. The van der Waals surface area contributed by atoms with Crippen molar-refractivity contribution in [3.8, 4) is 50.2 Å². The van der Waals surface area contributed by atoms with Crippen LogP contribution in [-0.4, -0.2) is 11.4 Å². The van der Waals surface area contributed by atoms with Gasteiger partial charge in [0, 0.05) is 44.2 Å². The van der Waals surface area contributed by atoms with Crippen LogP contribution in [-0.2, 0) is 21.7 Å². The molecule has 0 bridgehead atoms. The molecule has 0 saturated heterocycles. The summed E-state index contributed by atoms with van der Waals surface area (Å²) in [7, 11) is 0. The summed E-state index contributed by atoms with van der Waals surface area (Å²) in [6, 6.07) is 60.2. The fourth-order valence-corrected chi connectivity index (χ4v) is 14.7. The SMILES string of the molecule is Cc1ccc(N2B3c4cc(C)ccc4-n4c5cc6ccccc6cc5c5c(-c6ccc7c(c6)-c6ccccc6C7(C)C)cc(c3c54)-c3cc4c(cc32)C(C)(C)c2cc3c(cc2-4)C(C)(C)CCC3(C)C)cc1. The van der Waals surface area contributed by atoms with Gasteiger partial charge in [-0.1, -0.05) is 158 Å². The van der Waals surface area contributed by atoms with Crippen molar-refractivity contribution in [1.29, 1.82) is 0 Å². The van der Waals surface area contributed by atoms with Crippen molar-refractivity contribution in [2.75, 3.05) is 4.81 Å². The molecule has 9 aromatic carbocycles. The van der Waals surface area contributed by atoms with E-state index in [1.807, 2.05) is 0 Å². The Morgan fingerprint density at radius 1 is 0.437 bits per heavy atom. The average molecular weight is 915 g/mol. The van der Waals surface area contributed by atoms with E-state index in [1.54, 1.807) is 0 Å². The summed E-state index contributed by atoms with van der Waals surface area (Å²) in [6.07, 6.45) is 2.40. The van der Waals surface area contributed by atoms with Crippen LogP contribution in [0.1, 0.15) is 113 Å². The van der Waals surface area contributed by atoms with Crippen LogP contribution in [0.3, 0.4) is 0 Å². The van der Waals surface area contributed by atoms with E-state index in [9.17, 15) is 0 Å². The summed E-state index contributed by atoms with van der Waals surface area (Å²) in [6.45, 7) is 24.1. The molecule has 0 amide bonds. The topological polar surface area (TPSA) is 8.17 Å². The van der Waals surface area contributed by atoms with Gasteiger partial charge in [-0.3, -0.25) is 0 Å². The summed E-state index contributed by atoms with van der Waals surface area (Å²) in [5.41, 5.74) is 31.1. The zero-order valence-corrected chi connectivity index (χ0v) is 42.8. The van der Waals surface area contributed by atoms with Crippen LogP contribution in [0, 0.1) is 13.8 Å². The van der Waals surface area contributed by atoms with Crippen LogP contribution in [0.4, 0.5) is 11.4 Å². The van der Waals surface area contributed by atoms with E-state index in [2.05, 4.69) is 230 Å². The predicted molar refractivity (Wildman–Crippen MR) is 303 cm³/mol. The summed E-state index contributed by atoms with van der Waals surface area (Å²) in [4.78, 5) is 2.73. The summed E-state index contributed by atoms with van der Waals surface area (Å²) in [5.74, 6) is 0. The van der Waals surface area contributed by atoms with Gasteiger partial charge in [0.05, 0.1) is 11.0 Å². The number of anilines is 2. The highest BCUT2D eigenvalue weighted by Gasteiger charge is 2.48. The lowest BCUT2D eigenvalue weighted by molar-refractivity contribution is 0.331. The molecule has 3 aliphatic carbocycles. The third kappa shape index (κ3) is 5.30. The Hall–Kier alpha value is -7.10. The van der Waals surface area contributed by atoms with Crippen molar-refractivity contribution in [3.05, 3.63) is 196 Å². The molecule has 344 valence electrons. The third-order valence-electron chi connectivity index (χ3n) is 18.7. The minimum atomic E-state index is -0.190. The van der Waals surface area contributed by atoms with E-state index in [1.165, 1.54) is 162 Å². The molecule has 0 radical (unpaired) electrons. The van der Waals surface area contributed by atoms with Crippen molar-refractivity contribution < 1.29 is 0 Å². The zero-order chi connectivity index (χ0) is 48.4. The standard InChI is InChI=1S/C68H59BN2/c1-38-19-23-43(24-20-38)71-61-37-55-47(48-35-56-57(36-54(48)68(55,9)10)66(5,6)28-27-65(56,3)4)34-49(61)50-33-45(42-22-25-53-46(31-42)44-17-13-14-18-52(44)67(53,7)8)62-51-30-40-15-11-12-16-41(40)32-60(51)70-59-26-21-39(2)29-58(59)69(71)63(50)64(62)70/h11-26,29-37H,27-28H2,1-10H3. The van der Waals surface area contributed by atoms with Gasteiger partial charge in [0.15, 0.2) is 0 Å². The maximum atomic E-state index is 2.73. The quantitative estimate of drug-likeness (QED) is 0.157. The number of hydrogen-bond donors (Lipinski definition) is 0. The van der Waals surface area contributed by atoms with E-state index in [0.717, 1.165) is 0 Å². The first-order valence-corrected chi connectivity index (χ1v) is 26.2. The molecule has 0 atom stereocenters. The van der Waals surface area contributed by atoms with Crippen molar-refractivity contribution in [2.45, 2.75) is 104 Å². The summed E-state index contributed by atoms with van der Waals surface area (Å²) >= 11 is 0. The lowest BCUT2D eigenvalue weighted by Gasteiger charge is -2.43. The summed E-state index contributed by atoms with van der Waals surface area (Å²) < 4.78 is 2.66. The molecule has 0 spiro atoms. The van der Waals surface area contributed by atoms with E-state index in [0.29, 0.717) is 0 Å². The van der Waals surface area contributed by atoms with Crippen LogP contribution in [0.5, 0.6) is 0 Å². The Morgan fingerprint density at radius 2 is 1.06 bits per heavy atom. The predicted octanol–water partition coefficient (Wildman–Crippen LogP) is 16.4. The molecule has 0 fully saturated rings. The van der Waals surface area contributed by atoms with Crippen LogP contribution >= 0.6 is 0 Å². The number of aromatic nitrogens is 1. The van der Waals surface area contributed by atoms with Gasteiger partial charge in [0.25, 0.3) is 0 Å². The largest absolute Gasteiger partial charge is 0.376 e. The molecule has 0 saturated carbocycles. The number of rotatable bonds is 2. The van der Waals surface area contributed by atoms with E-state index < -0.39 is 0 Å². The normalized spacial score (nSPS) is 17.4. The molecule has 1 aromatic heterocycles.